The van der Waals surface area contributed by atoms with E-state index in [0.717, 1.165) is 46.0 Å². The summed E-state index contributed by atoms with van der Waals surface area (Å²) in [5.41, 5.74) is 1.84. The van der Waals surface area contributed by atoms with E-state index in [1.165, 1.54) is 0 Å². The van der Waals surface area contributed by atoms with Crippen LogP contribution in [0.5, 0.6) is 5.75 Å². The summed E-state index contributed by atoms with van der Waals surface area (Å²) in [6.07, 6.45) is 4.27. The van der Waals surface area contributed by atoms with Gasteiger partial charge in [-0.25, -0.2) is 0 Å². The second-order valence-corrected chi connectivity index (χ2v) is 11.1. The lowest BCUT2D eigenvalue weighted by Crippen LogP contribution is -2.36. The average molecular weight is 514 g/mol. The summed E-state index contributed by atoms with van der Waals surface area (Å²) >= 11 is 14.0. The van der Waals surface area contributed by atoms with Gasteiger partial charge in [-0.3, -0.25) is 4.55 Å². The van der Waals surface area contributed by atoms with E-state index >= 15 is 0 Å². The largest absolute Gasteiger partial charge is 0.438 e. The molecule has 1 aliphatic heterocycles. The predicted molar refractivity (Wildman–Crippen MR) is 130 cm³/mol. The summed E-state index contributed by atoms with van der Waals surface area (Å²) in [6.45, 7) is 3.33. The number of rotatable bonds is 8. The Morgan fingerprint density at radius 1 is 1.16 bits per heavy atom. The van der Waals surface area contributed by atoms with Gasteiger partial charge in [-0.15, -0.1) is 0 Å². The SMILES string of the molecule is CCCCN1C(=Cc2sc3ccc(Cl)cc3[n+]2CCCS(=O)(=O)O)Oc2ccc(Cl)cc21. The molecule has 6 nitrogen and oxygen atoms in total. The normalized spacial score (nSPS) is 14.9. The van der Waals surface area contributed by atoms with Crippen molar-refractivity contribution in [3.8, 4) is 5.75 Å². The van der Waals surface area contributed by atoms with Crippen LogP contribution in [0.25, 0.3) is 16.3 Å². The van der Waals surface area contributed by atoms with Crippen molar-refractivity contribution >= 4 is 66.6 Å². The molecule has 0 atom stereocenters. The van der Waals surface area contributed by atoms with E-state index in [4.69, 9.17) is 32.5 Å². The van der Waals surface area contributed by atoms with Crippen LogP contribution < -0.4 is 14.2 Å². The summed E-state index contributed by atoms with van der Waals surface area (Å²) < 4.78 is 40.8. The standard InChI is InChI=1S/C22H22Cl2N2O4S2/c1-2-3-9-25-17-12-15(23)5-7-19(17)30-21(25)14-22-26(10-4-11-32(27,28)29)18-13-16(24)6-8-20(18)31-22/h5-8,12-14H,2-4,9-11H2,1H3/p+1. The highest BCUT2D eigenvalue weighted by Crippen LogP contribution is 2.41. The molecule has 0 radical (unpaired) electrons. The third-order valence-corrected chi connectivity index (χ3v) is 7.54. The summed E-state index contributed by atoms with van der Waals surface area (Å²) in [5, 5.41) is 2.14. The van der Waals surface area contributed by atoms with Gasteiger partial charge < -0.3 is 9.64 Å². The molecule has 0 aliphatic carbocycles. The predicted octanol–water partition coefficient (Wildman–Crippen LogP) is 5.77. The molecule has 1 aliphatic rings. The third-order valence-electron chi connectivity index (χ3n) is 5.15. The lowest BCUT2D eigenvalue weighted by molar-refractivity contribution is -0.668. The first-order chi connectivity index (χ1) is 15.2. The first-order valence-corrected chi connectivity index (χ1v) is 13.5. The molecule has 4 rings (SSSR count). The van der Waals surface area contributed by atoms with Crippen molar-refractivity contribution in [1.29, 1.82) is 0 Å². The van der Waals surface area contributed by atoms with E-state index in [2.05, 4.69) is 11.8 Å². The monoisotopic (exact) mass is 513 g/mol. The van der Waals surface area contributed by atoms with Crippen LogP contribution in [0.2, 0.25) is 10.0 Å². The van der Waals surface area contributed by atoms with E-state index in [0.29, 0.717) is 22.5 Å². The van der Waals surface area contributed by atoms with Gasteiger partial charge in [0, 0.05) is 29.1 Å². The second kappa shape index (κ2) is 9.57. The molecular weight excluding hydrogens is 491 g/mol. The average Bonchev–Trinajstić information content (AvgIpc) is 3.23. The number of nitrogens with zero attached hydrogens (tertiary/aromatic N) is 2. The van der Waals surface area contributed by atoms with Gasteiger partial charge in [0.05, 0.1) is 17.5 Å². The fourth-order valence-corrected chi connectivity index (χ4v) is 5.57. The molecule has 0 saturated carbocycles. The summed E-state index contributed by atoms with van der Waals surface area (Å²) in [4.78, 5) is 2.12. The summed E-state index contributed by atoms with van der Waals surface area (Å²) in [5.74, 6) is 1.13. The number of unbranched alkanes of at least 4 members (excludes halogenated alkanes) is 1. The number of aromatic nitrogens is 1. The minimum absolute atomic E-state index is 0.272. The van der Waals surface area contributed by atoms with Crippen molar-refractivity contribution in [1.82, 2.24) is 0 Å². The van der Waals surface area contributed by atoms with Crippen molar-refractivity contribution in [3.63, 3.8) is 0 Å². The number of hydrogen-bond acceptors (Lipinski definition) is 5. The Kier molecular flexibility index (Phi) is 6.97. The molecule has 2 aromatic carbocycles. The smallest absolute Gasteiger partial charge is 0.268 e. The molecule has 0 fully saturated rings. The lowest BCUT2D eigenvalue weighted by atomic mass is 10.2. The maximum atomic E-state index is 11.2. The fourth-order valence-electron chi connectivity index (χ4n) is 3.65. The van der Waals surface area contributed by atoms with Gasteiger partial charge in [0.2, 0.25) is 11.4 Å². The van der Waals surface area contributed by atoms with Gasteiger partial charge >= 0.3 is 0 Å². The van der Waals surface area contributed by atoms with Gasteiger partial charge in [-0.2, -0.15) is 13.0 Å². The third kappa shape index (κ3) is 5.21. The van der Waals surface area contributed by atoms with Crippen LogP contribution in [0, 0.1) is 0 Å². The zero-order valence-electron chi connectivity index (χ0n) is 17.4. The van der Waals surface area contributed by atoms with Gasteiger partial charge in [-0.05, 0) is 36.8 Å². The van der Waals surface area contributed by atoms with E-state index in [1.807, 2.05) is 41.0 Å². The van der Waals surface area contributed by atoms with Gasteiger partial charge in [0.15, 0.2) is 12.3 Å². The minimum atomic E-state index is -4.03. The molecule has 0 saturated heterocycles. The highest BCUT2D eigenvalue weighted by molar-refractivity contribution is 7.85. The fraction of sp³-hybridized carbons (Fsp3) is 0.318. The topological polar surface area (TPSA) is 70.7 Å². The maximum Gasteiger partial charge on any atom is 0.268 e. The van der Waals surface area contributed by atoms with Crippen LogP contribution in [0.15, 0.2) is 42.3 Å². The first kappa shape index (κ1) is 23.3. The van der Waals surface area contributed by atoms with E-state index in [9.17, 15) is 8.42 Å². The first-order valence-electron chi connectivity index (χ1n) is 10.3. The molecule has 2 heterocycles. The molecule has 32 heavy (non-hydrogen) atoms. The van der Waals surface area contributed by atoms with Crippen LogP contribution in [0.3, 0.4) is 0 Å². The van der Waals surface area contributed by atoms with Gasteiger partial charge in [0.1, 0.15) is 4.70 Å². The molecule has 170 valence electrons. The molecule has 0 unspecified atom stereocenters. The summed E-state index contributed by atoms with van der Waals surface area (Å²) in [6, 6.07) is 11.2. The molecule has 0 bridgehead atoms. The van der Waals surface area contributed by atoms with Crippen molar-refractivity contribution in [3.05, 3.63) is 57.3 Å². The van der Waals surface area contributed by atoms with Crippen molar-refractivity contribution in [2.24, 2.45) is 0 Å². The zero-order chi connectivity index (χ0) is 22.9. The Morgan fingerprint density at radius 3 is 2.66 bits per heavy atom. The highest BCUT2D eigenvalue weighted by atomic mass is 35.5. The summed E-state index contributed by atoms with van der Waals surface area (Å²) in [7, 11) is -4.03. The highest BCUT2D eigenvalue weighted by Gasteiger charge is 2.29. The number of hydrogen-bond donors (Lipinski definition) is 1. The quantitative estimate of drug-likeness (QED) is 0.305. The van der Waals surface area contributed by atoms with Crippen molar-refractivity contribution < 1.29 is 22.3 Å². The van der Waals surface area contributed by atoms with Crippen molar-refractivity contribution in [2.75, 3.05) is 17.2 Å². The number of benzene rings is 2. The van der Waals surface area contributed by atoms with E-state index in [1.54, 1.807) is 17.4 Å². The number of aryl methyl sites for hydroxylation is 1. The van der Waals surface area contributed by atoms with Crippen molar-refractivity contribution in [2.45, 2.75) is 32.7 Å². The lowest BCUT2D eigenvalue weighted by Gasteiger charge is -2.17. The Morgan fingerprint density at radius 2 is 1.91 bits per heavy atom. The Balaban J connectivity index is 1.75. The Bertz CT molecular complexity index is 1290. The van der Waals surface area contributed by atoms with Gasteiger partial charge in [-0.1, -0.05) is 47.9 Å². The number of anilines is 1. The Hall–Kier alpha value is -1.84. The number of fused-ring (bicyclic) bond motifs is 2. The molecule has 0 spiro atoms. The van der Waals surface area contributed by atoms with E-state index < -0.39 is 10.1 Å². The number of thiazole rings is 1. The zero-order valence-corrected chi connectivity index (χ0v) is 20.6. The maximum absolute atomic E-state index is 11.2. The van der Waals surface area contributed by atoms with Gasteiger partial charge in [0.25, 0.3) is 15.1 Å². The molecule has 3 aromatic rings. The second-order valence-electron chi connectivity index (χ2n) is 7.55. The van der Waals surface area contributed by atoms with Crippen LogP contribution in [-0.2, 0) is 16.7 Å². The van der Waals surface area contributed by atoms with Crippen LogP contribution in [-0.4, -0.2) is 25.3 Å². The number of halogens is 2. The van der Waals surface area contributed by atoms with E-state index in [-0.39, 0.29) is 12.2 Å². The van der Waals surface area contributed by atoms with Crippen LogP contribution in [0.1, 0.15) is 31.2 Å². The molecule has 1 N–H and O–H groups in total. The minimum Gasteiger partial charge on any atom is -0.438 e. The number of ether oxygens (including phenoxy) is 1. The molecule has 1 aromatic heterocycles. The molecule has 10 heteroatoms. The van der Waals surface area contributed by atoms with Crippen LogP contribution >= 0.6 is 34.5 Å². The Labute approximate surface area is 201 Å². The molecule has 0 amide bonds. The molecular formula is C22H23Cl2N2O4S2+. The van der Waals surface area contributed by atoms with Crippen LogP contribution in [0.4, 0.5) is 5.69 Å².